The largest absolute Gasteiger partial charge is 0.261 e. The van der Waals surface area contributed by atoms with Gasteiger partial charge in [0.25, 0.3) is 0 Å². The van der Waals surface area contributed by atoms with Gasteiger partial charge in [0.1, 0.15) is 0 Å². The van der Waals surface area contributed by atoms with Crippen molar-refractivity contribution in [3.63, 3.8) is 0 Å². The molecule has 0 saturated heterocycles. The average molecular weight is 388 g/mol. The summed E-state index contributed by atoms with van der Waals surface area (Å²) in [4.78, 5) is 4.67. The highest BCUT2D eigenvalue weighted by Gasteiger charge is 2.09. The van der Waals surface area contributed by atoms with E-state index < -0.39 is 0 Å². The van der Waals surface area contributed by atoms with Crippen molar-refractivity contribution < 1.29 is 0 Å². The first kappa shape index (κ1) is 12.0. The van der Waals surface area contributed by atoms with Crippen molar-refractivity contribution in [3.8, 4) is 0 Å². The zero-order chi connectivity index (χ0) is 11.4. The third-order valence-electron chi connectivity index (χ3n) is 2.32. The van der Waals surface area contributed by atoms with Gasteiger partial charge in [0.2, 0.25) is 0 Å². The maximum Gasteiger partial charge on any atom is 0.0451 e. The lowest BCUT2D eigenvalue weighted by Gasteiger charge is -2.09. The summed E-state index contributed by atoms with van der Waals surface area (Å²) in [6, 6.07) is 14.6. The summed E-state index contributed by atoms with van der Waals surface area (Å²) in [5, 5.41) is 0. The van der Waals surface area contributed by atoms with Crippen LogP contribution in [0.3, 0.4) is 0 Å². The molecule has 0 spiro atoms. The molecular weight excluding hydrogens is 377 g/mol. The summed E-state index contributed by atoms with van der Waals surface area (Å²) >= 11 is 6.05. The van der Waals surface area contributed by atoms with Gasteiger partial charge in [-0.05, 0) is 52.4 Å². The number of alkyl halides is 1. The first-order valence-corrected chi connectivity index (χ1v) is 7.04. The Bertz CT molecular complexity index is 458. The molecule has 0 bridgehead atoms. The molecule has 1 unspecified atom stereocenters. The highest BCUT2D eigenvalue weighted by molar-refractivity contribution is 14.1. The Labute approximate surface area is 118 Å². The zero-order valence-corrected chi connectivity index (χ0v) is 12.3. The molecule has 2 aromatic rings. The van der Waals surface area contributed by atoms with Gasteiger partial charge >= 0.3 is 0 Å². The van der Waals surface area contributed by atoms with Crippen molar-refractivity contribution in [2.45, 2.75) is 11.2 Å². The van der Waals surface area contributed by atoms with Gasteiger partial charge in [-0.3, -0.25) is 4.98 Å². The number of halogens is 2. The third kappa shape index (κ3) is 3.28. The molecule has 1 aromatic carbocycles. The normalized spacial score (nSPS) is 12.4. The standard InChI is InChI=1S/C13H11BrIN/c14-13(9-12-6-1-2-7-16-12)10-4-3-5-11(15)8-10/h1-8,13H,9H2. The SMILES string of the molecule is BrC(Cc1ccccn1)c1cccc(I)c1. The lowest BCUT2D eigenvalue weighted by atomic mass is 10.1. The molecule has 1 atom stereocenters. The van der Waals surface area contributed by atoms with E-state index in [1.807, 2.05) is 18.3 Å². The summed E-state index contributed by atoms with van der Waals surface area (Å²) in [5.41, 5.74) is 2.42. The van der Waals surface area contributed by atoms with Crippen molar-refractivity contribution in [2.24, 2.45) is 0 Å². The van der Waals surface area contributed by atoms with Crippen LogP contribution in [0.25, 0.3) is 0 Å². The van der Waals surface area contributed by atoms with E-state index in [1.165, 1.54) is 9.13 Å². The summed E-state index contributed by atoms with van der Waals surface area (Å²) in [5.74, 6) is 0. The van der Waals surface area contributed by atoms with Crippen molar-refractivity contribution in [1.82, 2.24) is 4.98 Å². The number of aromatic nitrogens is 1. The van der Waals surface area contributed by atoms with E-state index in [0.717, 1.165) is 12.1 Å². The fraction of sp³-hybridized carbons (Fsp3) is 0.154. The van der Waals surface area contributed by atoms with Gasteiger partial charge < -0.3 is 0 Å². The van der Waals surface area contributed by atoms with Crippen LogP contribution in [-0.4, -0.2) is 4.98 Å². The average Bonchev–Trinajstić information content (AvgIpc) is 2.30. The molecule has 0 radical (unpaired) electrons. The summed E-state index contributed by atoms with van der Waals surface area (Å²) in [6.45, 7) is 0. The van der Waals surface area contributed by atoms with Crippen LogP contribution in [0.15, 0.2) is 48.7 Å². The number of hydrogen-bond acceptors (Lipinski definition) is 1. The number of hydrogen-bond donors (Lipinski definition) is 0. The molecule has 3 heteroatoms. The number of rotatable bonds is 3. The Morgan fingerprint density at radius 3 is 2.75 bits per heavy atom. The molecule has 2 rings (SSSR count). The Hall–Kier alpha value is -0.420. The van der Waals surface area contributed by atoms with Crippen LogP contribution in [0.4, 0.5) is 0 Å². The first-order chi connectivity index (χ1) is 7.75. The van der Waals surface area contributed by atoms with Crippen molar-refractivity contribution >= 4 is 38.5 Å². The van der Waals surface area contributed by atoms with Gasteiger partial charge in [0, 0.05) is 26.7 Å². The molecule has 0 aliphatic rings. The Morgan fingerprint density at radius 2 is 2.06 bits per heavy atom. The Morgan fingerprint density at radius 1 is 1.19 bits per heavy atom. The summed E-state index contributed by atoms with van der Waals surface area (Å²) in [7, 11) is 0. The maximum atomic E-state index is 4.33. The number of nitrogens with zero attached hydrogens (tertiary/aromatic N) is 1. The Kier molecular flexibility index (Phi) is 4.35. The monoisotopic (exact) mass is 387 g/mol. The van der Waals surface area contributed by atoms with Crippen LogP contribution in [0.1, 0.15) is 16.1 Å². The molecule has 0 aliphatic carbocycles. The summed E-state index contributed by atoms with van der Waals surface area (Å²) < 4.78 is 1.26. The predicted octanol–water partition coefficient (Wildman–Crippen LogP) is 4.36. The molecule has 0 aliphatic heterocycles. The van der Waals surface area contributed by atoms with Crippen LogP contribution in [0.5, 0.6) is 0 Å². The maximum absolute atomic E-state index is 4.33. The van der Waals surface area contributed by atoms with Gasteiger partial charge in [-0.15, -0.1) is 0 Å². The van der Waals surface area contributed by atoms with E-state index in [4.69, 9.17) is 0 Å². The second-order valence-electron chi connectivity index (χ2n) is 3.55. The van der Waals surface area contributed by atoms with E-state index >= 15 is 0 Å². The van der Waals surface area contributed by atoms with E-state index in [2.05, 4.69) is 73.8 Å². The molecule has 1 heterocycles. The van der Waals surface area contributed by atoms with Gasteiger partial charge in [-0.2, -0.15) is 0 Å². The van der Waals surface area contributed by atoms with E-state index in [-0.39, 0.29) is 0 Å². The topological polar surface area (TPSA) is 12.9 Å². The zero-order valence-electron chi connectivity index (χ0n) is 8.61. The van der Waals surface area contributed by atoms with Gasteiger partial charge in [0.15, 0.2) is 0 Å². The second kappa shape index (κ2) is 5.77. The van der Waals surface area contributed by atoms with Crippen molar-refractivity contribution in [1.29, 1.82) is 0 Å². The van der Waals surface area contributed by atoms with Crippen LogP contribution < -0.4 is 0 Å². The first-order valence-electron chi connectivity index (χ1n) is 5.05. The minimum absolute atomic E-state index is 0.331. The molecule has 16 heavy (non-hydrogen) atoms. The highest BCUT2D eigenvalue weighted by atomic mass is 127. The molecule has 0 N–H and O–H groups in total. The third-order valence-corrected chi connectivity index (χ3v) is 3.85. The van der Waals surface area contributed by atoms with Crippen molar-refractivity contribution in [3.05, 3.63) is 63.5 Å². The molecule has 0 amide bonds. The molecular formula is C13H11BrIN. The molecule has 1 nitrogen and oxygen atoms in total. The number of pyridine rings is 1. The quantitative estimate of drug-likeness (QED) is 0.563. The smallest absolute Gasteiger partial charge is 0.0451 e. The van der Waals surface area contributed by atoms with Gasteiger partial charge in [-0.25, -0.2) is 0 Å². The van der Waals surface area contributed by atoms with E-state index in [0.29, 0.717) is 4.83 Å². The number of benzene rings is 1. The Balaban J connectivity index is 2.12. The minimum atomic E-state index is 0.331. The van der Waals surface area contributed by atoms with Gasteiger partial charge in [-0.1, -0.05) is 34.1 Å². The summed E-state index contributed by atoms with van der Waals surface area (Å²) in [6.07, 6.45) is 2.75. The molecule has 1 aromatic heterocycles. The molecule has 0 fully saturated rings. The van der Waals surface area contributed by atoms with Gasteiger partial charge in [0.05, 0.1) is 0 Å². The lowest BCUT2D eigenvalue weighted by Crippen LogP contribution is -1.97. The molecule has 0 saturated carbocycles. The fourth-order valence-corrected chi connectivity index (χ4v) is 2.71. The predicted molar refractivity (Wildman–Crippen MR) is 78.8 cm³/mol. The minimum Gasteiger partial charge on any atom is -0.261 e. The lowest BCUT2D eigenvalue weighted by molar-refractivity contribution is 0.904. The van der Waals surface area contributed by atoms with Crippen LogP contribution in [0, 0.1) is 3.57 Å². The van der Waals surface area contributed by atoms with Crippen LogP contribution >= 0.6 is 38.5 Å². The fourth-order valence-electron chi connectivity index (χ4n) is 1.52. The second-order valence-corrected chi connectivity index (χ2v) is 5.90. The van der Waals surface area contributed by atoms with Crippen LogP contribution in [-0.2, 0) is 6.42 Å². The van der Waals surface area contributed by atoms with E-state index in [9.17, 15) is 0 Å². The molecule has 82 valence electrons. The highest BCUT2D eigenvalue weighted by Crippen LogP contribution is 2.27. The van der Waals surface area contributed by atoms with E-state index in [1.54, 1.807) is 0 Å². The van der Waals surface area contributed by atoms with Crippen LogP contribution in [0.2, 0.25) is 0 Å². The van der Waals surface area contributed by atoms with Crippen molar-refractivity contribution in [2.75, 3.05) is 0 Å².